The molecule has 3 aromatic rings. The average Bonchev–Trinajstić information content (AvgIpc) is 2.90. The van der Waals surface area contributed by atoms with Crippen molar-refractivity contribution in [1.82, 2.24) is 0 Å². The van der Waals surface area contributed by atoms with E-state index in [1.807, 2.05) is 62.4 Å². The summed E-state index contributed by atoms with van der Waals surface area (Å²) in [6, 6.07) is 18.6. The molecule has 188 valence electrons. The van der Waals surface area contributed by atoms with Crippen LogP contribution >= 0.6 is 0 Å². The summed E-state index contributed by atoms with van der Waals surface area (Å²) in [6.07, 6.45) is -0.765. The van der Waals surface area contributed by atoms with Gasteiger partial charge in [0.2, 0.25) is 0 Å². The maximum absolute atomic E-state index is 13.3. The van der Waals surface area contributed by atoms with Gasteiger partial charge in [-0.1, -0.05) is 18.2 Å². The Hall–Kier alpha value is -4.13. The molecule has 0 bridgehead atoms. The molecule has 7 heteroatoms. The summed E-state index contributed by atoms with van der Waals surface area (Å²) in [4.78, 5) is 13.3. The van der Waals surface area contributed by atoms with Crippen molar-refractivity contribution in [2.45, 2.75) is 26.1 Å². The summed E-state index contributed by atoms with van der Waals surface area (Å²) < 4.78 is 33.9. The molecule has 36 heavy (non-hydrogen) atoms. The standard InChI is InChI=1S/C29H30O7/c1-17(2)35-21-12-14-23-22(16-21)26(18-7-10-20(31-3)11-8-18)27(29(30)34-6)28(36-23)19-9-13-24(32-4)25(15-19)33-5/h7-17,28H,1-6H3. The Labute approximate surface area is 211 Å². The Morgan fingerprint density at radius 1 is 0.806 bits per heavy atom. The number of methoxy groups -OCH3 is 4. The van der Waals surface area contributed by atoms with Gasteiger partial charge < -0.3 is 28.4 Å². The van der Waals surface area contributed by atoms with Gasteiger partial charge in [-0.3, -0.25) is 0 Å². The van der Waals surface area contributed by atoms with Crippen LogP contribution in [0.4, 0.5) is 0 Å². The minimum Gasteiger partial charge on any atom is -0.497 e. The topological polar surface area (TPSA) is 72.5 Å². The van der Waals surface area contributed by atoms with Crippen LogP contribution < -0.4 is 23.7 Å². The Bertz CT molecular complexity index is 1280. The lowest BCUT2D eigenvalue weighted by molar-refractivity contribution is -0.137. The minimum atomic E-state index is -0.751. The van der Waals surface area contributed by atoms with E-state index in [9.17, 15) is 4.79 Å². The molecule has 0 aliphatic carbocycles. The van der Waals surface area contributed by atoms with Crippen LogP contribution in [0, 0.1) is 0 Å². The number of hydrogen-bond donors (Lipinski definition) is 0. The summed E-state index contributed by atoms with van der Waals surface area (Å²) in [5, 5.41) is 0. The zero-order valence-corrected chi connectivity index (χ0v) is 21.3. The molecule has 0 aromatic heterocycles. The highest BCUT2D eigenvalue weighted by Gasteiger charge is 2.36. The van der Waals surface area contributed by atoms with E-state index >= 15 is 0 Å². The lowest BCUT2D eigenvalue weighted by atomic mass is 9.85. The second-order valence-corrected chi connectivity index (χ2v) is 8.45. The molecular formula is C29H30O7. The molecule has 0 N–H and O–H groups in total. The molecule has 0 radical (unpaired) electrons. The molecule has 0 amide bonds. The number of fused-ring (bicyclic) bond motifs is 1. The van der Waals surface area contributed by atoms with E-state index in [0.29, 0.717) is 45.5 Å². The smallest absolute Gasteiger partial charge is 0.338 e. The fourth-order valence-corrected chi connectivity index (χ4v) is 4.25. The van der Waals surface area contributed by atoms with Gasteiger partial charge in [0.05, 0.1) is 40.1 Å². The quantitative estimate of drug-likeness (QED) is 0.380. The van der Waals surface area contributed by atoms with Crippen LogP contribution in [0.1, 0.15) is 36.6 Å². The Morgan fingerprint density at radius 3 is 2.11 bits per heavy atom. The predicted molar refractivity (Wildman–Crippen MR) is 136 cm³/mol. The van der Waals surface area contributed by atoms with Gasteiger partial charge in [0.25, 0.3) is 0 Å². The Kier molecular flexibility index (Phi) is 7.38. The summed E-state index contributed by atoms with van der Waals surface area (Å²) in [6.45, 7) is 3.92. The van der Waals surface area contributed by atoms with Gasteiger partial charge in [0.15, 0.2) is 17.6 Å². The monoisotopic (exact) mass is 490 g/mol. The average molecular weight is 491 g/mol. The van der Waals surface area contributed by atoms with Gasteiger partial charge in [-0.2, -0.15) is 0 Å². The number of ether oxygens (including phenoxy) is 6. The van der Waals surface area contributed by atoms with Gasteiger partial charge in [0.1, 0.15) is 17.2 Å². The molecule has 3 aromatic carbocycles. The third kappa shape index (κ3) is 4.82. The number of carbonyl (C=O) groups excluding carboxylic acids is 1. The maximum atomic E-state index is 13.3. The van der Waals surface area contributed by atoms with Crippen LogP contribution in [0.2, 0.25) is 0 Å². The molecule has 0 fully saturated rings. The third-order valence-corrected chi connectivity index (χ3v) is 5.86. The zero-order chi connectivity index (χ0) is 25.8. The Morgan fingerprint density at radius 2 is 1.50 bits per heavy atom. The molecule has 1 unspecified atom stereocenters. The molecule has 0 spiro atoms. The normalized spacial score (nSPS) is 14.6. The van der Waals surface area contributed by atoms with Gasteiger partial charge >= 0.3 is 5.97 Å². The van der Waals surface area contributed by atoms with Gasteiger partial charge in [-0.05, 0) is 61.9 Å². The molecule has 7 nitrogen and oxygen atoms in total. The number of esters is 1. The van der Waals surface area contributed by atoms with E-state index in [0.717, 1.165) is 11.1 Å². The van der Waals surface area contributed by atoms with E-state index in [1.54, 1.807) is 33.5 Å². The fourth-order valence-electron chi connectivity index (χ4n) is 4.25. The van der Waals surface area contributed by atoms with Gasteiger partial charge in [0, 0.05) is 16.7 Å². The van der Waals surface area contributed by atoms with E-state index in [1.165, 1.54) is 7.11 Å². The van der Waals surface area contributed by atoms with Crippen molar-refractivity contribution in [3.63, 3.8) is 0 Å². The van der Waals surface area contributed by atoms with Crippen molar-refractivity contribution in [1.29, 1.82) is 0 Å². The minimum absolute atomic E-state index is 0.0134. The van der Waals surface area contributed by atoms with E-state index in [-0.39, 0.29) is 6.10 Å². The van der Waals surface area contributed by atoms with Gasteiger partial charge in [-0.25, -0.2) is 4.79 Å². The van der Waals surface area contributed by atoms with Crippen molar-refractivity contribution in [2.75, 3.05) is 28.4 Å². The van der Waals surface area contributed by atoms with E-state index in [4.69, 9.17) is 28.4 Å². The maximum Gasteiger partial charge on any atom is 0.338 e. The first-order chi connectivity index (χ1) is 17.4. The Balaban J connectivity index is 1.99. The highest BCUT2D eigenvalue weighted by molar-refractivity contribution is 6.04. The SMILES string of the molecule is COC(=O)C1=C(c2ccc(OC)cc2)c2cc(OC(C)C)ccc2OC1c1ccc(OC)c(OC)c1. The second-order valence-electron chi connectivity index (χ2n) is 8.45. The number of benzene rings is 3. The van der Waals surface area contributed by atoms with Crippen LogP contribution in [0.3, 0.4) is 0 Å². The highest BCUT2D eigenvalue weighted by Crippen LogP contribution is 2.47. The largest absolute Gasteiger partial charge is 0.497 e. The lowest BCUT2D eigenvalue weighted by Gasteiger charge is -2.31. The van der Waals surface area contributed by atoms with Crippen LogP contribution in [-0.4, -0.2) is 40.5 Å². The summed E-state index contributed by atoms with van der Waals surface area (Å²) in [5.41, 5.74) is 3.32. The number of rotatable bonds is 8. The summed E-state index contributed by atoms with van der Waals surface area (Å²) in [5.74, 6) is 2.60. The van der Waals surface area contributed by atoms with Crippen molar-refractivity contribution >= 4 is 11.5 Å². The highest BCUT2D eigenvalue weighted by atomic mass is 16.5. The predicted octanol–water partition coefficient (Wildman–Crippen LogP) is 5.61. The summed E-state index contributed by atoms with van der Waals surface area (Å²) >= 11 is 0. The molecule has 0 saturated carbocycles. The molecule has 4 rings (SSSR count). The van der Waals surface area contributed by atoms with Crippen LogP contribution in [0.25, 0.3) is 5.57 Å². The van der Waals surface area contributed by atoms with Crippen LogP contribution in [0.15, 0.2) is 66.2 Å². The van der Waals surface area contributed by atoms with Crippen molar-refractivity contribution in [2.24, 2.45) is 0 Å². The molecule has 1 aliphatic heterocycles. The first-order valence-electron chi connectivity index (χ1n) is 11.6. The van der Waals surface area contributed by atoms with Crippen LogP contribution in [-0.2, 0) is 9.53 Å². The van der Waals surface area contributed by atoms with Crippen molar-refractivity contribution < 1.29 is 33.2 Å². The van der Waals surface area contributed by atoms with Crippen molar-refractivity contribution in [3.8, 4) is 28.7 Å². The fraction of sp³-hybridized carbons (Fsp3) is 0.276. The first-order valence-corrected chi connectivity index (χ1v) is 11.6. The molecule has 0 saturated heterocycles. The molecular weight excluding hydrogens is 460 g/mol. The van der Waals surface area contributed by atoms with E-state index < -0.39 is 12.1 Å². The zero-order valence-electron chi connectivity index (χ0n) is 21.3. The number of carbonyl (C=O) groups is 1. The van der Waals surface area contributed by atoms with Crippen molar-refractivity contribution in [3.05, 3.63) is 82.9 Å². The molecule has 1 aliphatic rings. The first kappa shape index (κ1) is 25.0. The second kappa shape index (κ2) is 10.6. The molecule has 1 heterocycles. The third-order valence-electron chi connectivity index (χ3n) is 5.86. The number of hydrogen-bond acceptors (Lipinski definition) is 7. The summed E-state index contributed by atoms with van der Waals surface area (Å²) in [7, 11) is 6.11. The van der Waals surface area contributed by atoms with E-state index in [2.05, 4.69) is 0 Å². The van der Waals surface area contributed by atoms with Gasteiger partial charge in [-0.15, -0.1) is 0 Å². The van der Waals surface area contributed by atoms with Crippen LogP contribution in [0.5, 0.6) is 28.7 Å². The molecule has 1 atom stereocenters. The lowest BCUT2D eigenvalue weighted by Crippen LogP contribution is -2.24.